The number of nitrogens with one attached hydrogen (secondary N) is 2. The molecule has 0 saturated carbocycles. The summed E-state index contributed by atoms with van der Waals surface area (Å²) >= 11 is 5.97. The van der Waals surface area contributed by atoms with Crippen molar-refractivity contribution in [2.24, 2.45) is 5.73 Å². The topological polar surface area (TPSA) is 101 Å². The Labute approximate surface area is 137 Å². The molecule has 0 aliphatic heterocycles. The van der Waals surface area contributed by atoms with E-state index in [1.165, 1.54) is 12.1 Å². The van der Waals surface area contributed by atoms with E-state index >= 15 is 0 Å². The molecule has 0 saturated heterocycles. The van der Waals surface area contributed by atoms with E-state index in [1.54, 1.807) is 36.4 Å². The molecule has 6 nitrogen and oxygen atoms in total. The fraction of sp³-hybridized carbons (Fsp3) is 0.0625. The van der Waals surface area contributed by atoms with E-state index in [9.17, 15) is 14.4 Å². The molecule has 4 N–H and O–H groups in total. The number of primary amides is 1. The molecule has 0 heterocycles. The van der Waals surface area contributed by atoms with Crippen molar-refractivity contribution < 1.29 is 14.4 Å². The summed E-state index contributed by atoms with van der Waals surface area (Å²) in [5.41, 5.74) is 6.20. The lowest BCUT2D eigenvalue weighted by molar-refractivity contribution is -0.136. The number of rotatable bonds is 4. The third-order valence-electron chi connectivity index (χ3n) is 3.04. The fourth-order valence-electron chi connectivity index (χ4n) is 1.88. The minimum absolute atomic E-state index is 0.114. The summed E-state index contributed by atoms with van der Waals surface area (Å²) in [5.74, 6) is -2.44. The Bertz CT molecular complexity index is 762. The van der Waals surface area contributed by atoms with Crippen LogP contribution in [0, 0.1) is 0 Å². The third kappa shape index (κ3) is 4.31. The number of benzene rings is 2. The first-order valence-corrected chi connectivity index (χ1v) is 7.08. The number of halogens is 1. The molecule has 2 aromatic carbocycles. The van der Waals surface area contributed by atoms with Crippen LogP contribution < -0.4 is 16.4 Å². The van der Waals surface area contributed by atoms with E-state index in [-0.39, 0.29) is 17.8 Å². The maximum absolute atomic E-state index is 11.9. The van der Waals surface area contributed by atoms with Crippen molar-refractivity contribution in [3.05, 3.63) is 64.7 Å². The second-order valence-electron chi connectivity index (χ2n) is 4.64. The Kier molecular flexibility index (Phi) is 5.32. The van der Waals surface area contributed by atoms with Crippen LogP contribution >= 0.6 is 11.6 Å². The Morgan fingerprint density at radius 2 is 1.61 bits per heavy atom. The molecule has 0 aliphatic rings. The number of carbonyl (C=O) groups is 3. The fourth-order valence-corrected chi connectivity index (χ4v) is 2.09. The summed E-state index contributed by atoms with van der Waals surface area (Å²) in [6, 6.07) is 13.1. The van der Waals surface area contributed by atoms with Gasteiger partial charge in [-0.1, -0.05) is 41.9 Å². The number of carbonyl (C=O) groups excluding carboxylic acids is 3. The van der Waals surface area contributed by atoms with Crippen molar-refractivity contribution in [3.8, 4) is 0 Å². The molecule has 0 bridgehead atoms. The molecule has 7 heteroatoms. The third-order valence-corrected chi connectivity index (χ3v) is 3.41. The normalized spacial score (nSPS) is 9.96. The number of anilines is 1. The summed E-state index contributed by atoms with van der Waals surface area (Å²) in [6.45, 7) is 0.114. The highest BCUT2D eigenvalue weighted by molar-refractivity contribution is 6.40. The smallest absolute Gasteiger partial charge is 0.313 e. The first kappa shape index (κ1) is 16.5. The highest BCUT2D eigenvalue weighted by Gasteiger charge is 2.16. The summed E-state index contributed by atoms with van der Waals surface area (Å²) < 4.78 is 0. The lowest BCUT2D eigenvalue weighted by Gasteiger charge is -2.09. The summed E-state index contributed by atoms with van der Waals surface area (Å²) in [5, 5.41) is 5.31. The highest BCUT2D eigenvalue weighted by atomic mass is 35.5. The minimum atomic E-state index is -0.897. The quantitative estimate of drug-likeness (QED) is 0.743. The van der Waals surface area contributed by atoms with Gasteiger partial charge in [0.2, 0.25) is 0 Å². The summed E-state index contributed by atoms with van der Waals surface area (Å²) in [4.78, 5) is 35.0. The Balaban J connectivity index is 2.00. The lowest BCUT2D eigenvalue weighted by Crippen LogP contribution is -2.35. The molecular weight excluding hydrogens is 318 g/mol. The van der Waals surface area contributed by atoms with Crippen molar-refractivity contribution in [3.63, 3.8) is 0 Å². The van der Waals surface area contributed by atoms with Crippen LogP contribution in [-0.4, -0.2) is 17.7 Å². The maximum atomic E-state index is 11.9. The largest absolute Gasteiger partial charge is 0.366 e. The van der Waals surface area contributed by atoms with Gasteiger partial charge in [0.15, 0.2) is 0 Å². The van der Waals surface area contributed by atoms with Crippen LogP contribution in [-0.2, 0) is 16.1 Å². The van der Waals surface area contributed by atoms with Crippen molar-refractivity contribution in [2.75, 3.05) is 5.32 Å². The Morgan fingerprint density at radius 1 is 0.957 bits per heavy atom. The van der Waals surface area contributed by atoms with Crippen LogP contribution in [0.2, 0.25) is 5.02 Å². The van der Waals surface area contributed by atoms with Crippen molar-refractivity contribution in [1.29, 1.82) is 0 Å². The van der Waals surface area contributed by atoms with E-state index in [4.69, 9.17) is 17.3 Å². The van der Waals surface area contributed by atoms with Crippen LogP contribution in [0.3, 0.4) is 0 Å². The molecule has 23 heavy (non-hydrogen) atoms. The molecule has 2 rings (SSSR count). The van der Waals surface area contributed by atoms with Gasteiger partial charge in [-0.05, 0) is 23.8 Å². The lowest BCUT2D eigenvalue weighted by atomic mass is 10.1. The molecule has 0 unspecified atom stereocenters. The van der Waals surface area contributed by atoms with Gasteiger partial charge in [-0.2, -0.15) is 0 Å². The van der Waals surface area contributed by atoms with Gasteiger partial charge in [0.25, 0.3) is 5.91 Å². The monoisotopic (exact) mass is 331 g/mol. The van der Waals surface area contributed by atoms with Gasteiger partial charge in [-0.15, -0.1) is 0 Å². The van der Waals surface area contributed by atoms with E-state index < -0.39 is 17.7 Å². The predicted molar refractivity (Wildman–Crippen MR) is 86.9 cm³/mol. The van der Waals surface area contributed by atoms with Crippen LogP contribution in [0.15, 0.2) is 48.5 Å². The van der Waals surface area contributed by atoms with Crippen molar-refractivity contribution in [1.82, 2.24) is 5.32 Å². The average Bonchev–Trinajstić information content (AvgIpc) is 2.54. The van der Waals surface area contributed by atoms with E-state index in [1.807, 2.05) is 0 Å². The molecule has 0 aliphatic carbocycles. The Morgan fingerprint density at radius 3 is 2.30 bits per heavy atom. The second kappa shape index (κ2) is 7.42. The molecule has 118 valence electrons. The zero-order valence-electron chi connectivity index (χ0n) is 12.0. The average molecular weight is 332 g/mol. The van der Waals surface area contributed by atoms with Gasteiger partial charge in [-0.25, -0.2) is 0 Å². The standard InChI is InChI=1S/C16H14ClN3O3/c17-12-7-3-1-5-10(12)9-19-15(22)16(23)20-13-8-4-2-6-11(13)14(18)21/h1-8H,9H2,(H2,18,21)(H,19,22)(H,20,23). The molecular formula is C16H14ClN3O3. The van der Waals surface area contributed by atoms with Gasteiger partial charge < -0.3 is 16.4 Å². The van der Waals surface area contributed by atoms with Crippen molar-refractivity contribution >= 4 is 35.0 Å². The number of hydrogen-bond donors (Lipinski definition) is 3. The van der Waals surface area contributed by atoms with Crippen LogP contribution in [0.1, 0.15) is 15.9 Å². The molecule has 0 atom stereocenters. The van der Waals surface area contributed by atoms with Gasteiger partial charge in [-0.3, -0.25) is 14.4 Å². The summed E-state index contributed by atoms with van der Waals surface area (Å²) in [6.07, 6.45) is 0. The maximum Gasteiger partial charge on any atom is 0.313 e. The zero-order valence-corrected chi connectivity index (χ0v) is 12.8. The van der Waals surface area contributed by atoms with E-state index in [0.29, 0.717) is 10.6 Å². The van der Waals surface area contributed by atoms with E-state index in [2.05, 4.69) is 10.6 Å². The van der Waals surface area contributed by atoms with Gasteiger partial charge in [0.05, 0.1) is 11.3 Å². The second-order valence-corrected chi connectivity index (χ2v) is 5.05. The zero-order chi connectivity index (χ0) is 16.8. The Hall–Kier alpha value is -2.86. The van der Waals surface area contributed by atoms with Crippen LogP contribution in [0.4, 0.5) is 5.69 Å². The van der Waals surface area contributed by atoms with Crippen molar-refractivity contribution in [2.45, 2.75) is 6.54 Å². The molecule has 0 aromatic heterocycles. The predicted octanol–water partition coefficient (Wildman–Crippen LogP) is 1.69. The molecule has 0 spiro atoms. The molecule has 0 radical (unpaired) electrons. The molecule has 3 amide bonds. The van der Waals surface area contributed by atoms with Gasteiger partial charge >= 0.3 is 11.8 Å². The minimum Gasteiger partial charge on any atom is -0.366 e. The SMILES string of the molecule is NC(=O)c1ccccc1NC(=O)C(=O)NCc1ccccc1Cl. The van der Waals surface area contributed by atoms with E-state index in [0.717, 1.165) is 0 Å². The van der Waals surface area contributed by atoms with Crippen LogP contribution in [0.25, 0.3) is 0 Å². The first-order chi connectivity index (χ1) is 11.0. The highest BCUT2D eigenvalue weighted by Crippen LogP contribution is 2.15. The van der Waals surface area contributed by atoms with Gasteiger partial charge in [0, 0.05) is 11.6 Å². The number of nitrogens with two attached hydrogens (primary N) is 1. The summed E-state index contributed by atoms with van der Waals surface area (Å²) in [7, 11) is 0. The first-order valence-electron chi connectivity index (χ1n) is 6.70. The number of hydrogen-bond acceptors (Lipinski definition) is 3. The van der Waals surface area contributed by atoms with Gasteiger partial charge in [0.1, 0.15) is 0 Å². The van der Waals surface area contributed by atoms with Crippen LogP contribution in [0.5, 0.6) is 0 Å². The molecule has 2 aromatic rings. The number of amides is 3. The number of para-hydroxylation sites is 1. The molecule has 0 fully saturated rings.